The van der Waals surface area contributed by atoms with Gasteiger partial charge >= 0.3 is 5.97 Å². The number of rotatable bonds is 2. The molecule has 0 bridgehead atoms. The fourth-order valence-electron chi connectivity index (χ4n) is 1.76. The lowest BCUT2D eigenvalue weighted by molar-refractivity contribution is -0.142. The molecule has 0 aromatic heterocycles. The predicted octanol–water partition coefficient (Wildman–Crippen LogP) is 2.84. The fourth-order valence-corrected chi connectivity index (χ4v) is 1.98. The molecule has 86 valence electrons. The Morgan fingerprint density at radius 2 is 1.94 bits per heavy atom. The van der Waals surface area contributed by atoms with E-state index in [1.165, 1.54) is 0 Å². The number of carbonyl (C=O) groups is 1. The lowest BCUT2D eigenvalue weighted by atomic mass is 9.95. The lowest BCUT2D eigenvalue weighted by Crippen LogP contribution is -2.27. The van der Waals surface area contributed by atoms with Gasteiger partial charge in [-0.1, -0.05) is 11.6 Å². The van der Waals surface area contributed by atoms with Crippen LogP contribution in [0.15, 0.2) is 18.2 Å². The van der Waals surface area contributed by atoms with Crippen LogP contribution >= 0.6 is 11.6 Å². The fraction of sp³-hybridized carbons (Fsp3) is 0.300. The smallest absolute Gasteiger partial charge is 0.320 e. The highest BCUT2D eigenvalue weighted by atomic mass is 35.5. The van der Waals surface area contributed by atoms with Gasteiger partial charge in [0.25, 0.3) is 5.92 Å². The Labute approximate surface area is 93.6 Å². The molecule has 0 spiro atoms. The van der Waals surface area contributed by atoms with E-state index in [9.17, 15) is 18.0 Å². The maximum Gasteiger partial charge on any atom is 0.320 e. The molecule has 1 N–H and O–H groups in total. The SMILES string of the molecule is O=C(O)C1(c2cc(F)cc(Cl)c2)CC1(F)F. The second-order valence-corrected chi connectivity index (χ2v) is 4.19. The van der Waals surface area contributed by atoms with E-state index in [1.807, 2.05) is 0 Å². The zero-order valence-electron chi connectivity index (χ0n) is 7.81. The van der Waals surface area contributed by atoms with Crippen molar-refractivity contribution in [2.45, 2.75) is 17.8 Å². The van der Waals surface area contributed by atoms with Crippen molar-refractivity contribution >= 4 is 17.6 Å². The summed E-state index contributed by atoms with van der Waals surface area (Å²) in [5.41, 5.74) is -2.62. The molecular weight excluding hydrogens is 245 g/mol. The van der Waals surface area contributed by atoms with Crippen molar-refractivity contribution in [3.63, 3.8) is 0 Å². The molecule has 0 aliphatic heterocycles. The molecule has 0 radical (unpaired) electrons. The Bertz CT molecular complexity index is 455. The first-order chi connectivity index (χ1) is 7.29. The maximum atomic E-state index is 13.1. The Hall–Kier alpha value is -1.23. The topological polar surface area (TPSA) is 37.3 Å². The van der Waals surface area contributed by atoms with Crippen LogP contribution in [0.4, 0.5) is 13.2 Å². The van der Waals surface area contributed by atoms with E-state index in [4.69, 9.17) is 16.7 Å². The van der Waals surface area contributed by atoms with Crippen LogP contribution in [0.3, 0.4) is 0 Å². The summed E-state index contributed by atoms with van der Waals surface area (Å²) < 4.78 is 39.2. The van der Waals surface area contributed by atoms with Crippen LogP contribution in [-0.2, 0) is 10.2 Å². The van der Waals surface area contributed by atoms with Gasteiger partial charge in [0.2, 0.25) is 0 Å². The molecule has 1 aliphatic carbocycles. The molecule has 2 nitrogen and oxygen atoms in total. The summed E-state index contributed by atoms with van der Waals surface area (Å²) >= 11 is 5.50. The summed E-state index contributed by atoms with van der Waals surface area (Å²) in [5.74, 6) is -5.85. The summed E-state index contributed by atoms with van der Waals surface area (Å²) in [5, 5.41) is 8.73. The van der Waals surface area contributed by atoms with Crippen molar-refractivity contribution in [3.05, 3.63) is 34.6 Å². The number of hydrogen-bond donors (Lipinski definition) is 1. The van der Waals surface area contributed by atoms with Gasteiger partial charge in [-0.3, -0.25) is 4.79 Å². The van der Waals surface area contributed by atoms with Crippen LogP contribution in [0.5, 0.6) is 0 Å². The van der Waals surface area contributed by atoms with E-state index in [1.54, 1.807) is 0 Å². The van der Waals surface area contributed by atoms with Crippen LogP contribution in [0.25, 0.3) is 0 Å². The third-order valence-electron chi connectivity index (χ3n) is 2.71. The number of halogens is 4. The minimum atomic E-state index is -3.35. The predicted molar refractivity (Wildman–Crippen MR) is 50.3 cm³/mol. The van der Waals surface area contributed by atoms with Crippen LogP contribution in [0.2, 0.25) is 5.02 Å². The highest BCUT2D eigenvalue weighted by Crippen LogP contribution is 2.61. The summed E-state index contributed by atoms with van der Waals surface area (Å²) in [6.07, 6.45) is -0.824. The first-order valence-electron chi connectivity index (χ1n) is 4.37. The van der Waals surface area contributed by atoms with Gasteiger partial charge in [0, 0.05) is 11.4 Å². The van der Waals surface area contributed by atoms with Crippen molar-refractivity contribution in [2.24, 2.45) is 0 Å². The van der Waals surface area contributed by atoms with E-state index in [0.29, 0.717) is 0 Å². The first kappa shape index (κ1) is 11.3. The van der Waals surface area contributed by atoms with Gasteiger partial charge in [-0.25, -0.2) is 13.2 Å². The molecule has 1 aromatic rings. The second-order valence-electron chi connectivity index (χ2n) is 3.75. The molecule has 2 rings (SSSR count). The Morgan fingerprint density at radius 1 is 1.38 bits per heavy atom. The minimum absolute atomic E-state index is 0.0988. The largest absolute Gasteiger partial charge is 0.480 e. The van der Waals surface area contributed by atoms with Gasteiger partial charge in [-0.2, -0.15) is 0 Å². The zero-order chi connectivity index (χ0) is 12.1. The second kappa shape index (κ2) is 3.13. The molecule has 1 atom stereocenters. The van der Waals surface area contributed by atoms with Crippen LogP contribution in [-0.4, -0.2) is 17.0 Å². The minimum Gasteiger partial charge on any atom is -0.480 e. The molecule has 1 aromatic carbocycles. The standard InChI is InChI=1S/C10H6ClF3O2/c11-6-1-5(2-7(12)3-6)9(8(15)16)4-10(9,13)14/h1-3H,4H2,(H,15,16). The highest BCUT2D eigenvalue weighted by molar-refractivity contribution is 6.30. The third kappa shape index (κ3) is 1.38. The van der Waals surface area contributed by atoms with Gasteiger partial charge < -0.3 is 5.11 Å². The van der Waals surface area contributed by atoms with E-state index in [2.05, 4.69) is 0 Å². The molecular formula is C10H6ClF3O2. The molecule has 1 unspecified atom stereocenters. The van der Waals surface area contributed by atoms with Gasteiger partial charge in [0.1, 0.15) is 5.82 Å². The Balaban J connectivity index is 2.55. The monoisotopic (exact) mass is 250 g/mol. The van der Waals surface area contributed by atoms with Crippen molar-refractivity contribution < 1.29 is 23.1 Å². The van der Waals surface area contributed by atoms with Crippen molar-refractivity contribution in [1.82, 2.24) is 0 Å². The molecule has 6 heteroatoms. The number of aliphatic carboxylic acids is 1. The number of hydrogen-bond acceptors (Lipinski definition) is 1. The first-order valence-corrected chi connectivity index (χ1v) is 4.75. The normalized spacial score (nSPS) is 26.5. The lowest BCUT2D eigenvalue weighted by Gasteiger charge is -2.12. The number of benzene rings is 1. The van der Waals surface area contributed by atoms with Crippen LogP contribution < -0.4 is 0 Å². The molecule has 0 saturated heterocycles. The van der Waals surface area contributed by atoms with Crippen LogP contribution in [0, 0.1) is 5.82 Å². The zero-order valence-corrected chi connectivity index (χ0v) is 8.56. The summed E-state index contributed by atoms with van der Waals surface area (Å²) in [6, 6.07) is 2.77. The summed E-state index contributed by atoms with van der Waals surface area (Å²) in [7, 11) is 0. The average Bonchev–Trinajstić information content (AvgIpc) is 2.69. The van der Waals surface area contributed by atoms with Gasteiger partial charge in [0.05, 0.1) is 0 Å². The number of carboxylic acids is 1. The molecule has 16 heavy (non-hydrogen) atoms. The van der Waals surface area contributed by atoms with Crippen molar-refractivity contribution in [1.29, 1.82) is 0 Å². The summed E-state index contributed by atoms with van der Waals surface area (Å²) in [4.78, 5) is 10.9. The summed E-state index contributed by atoms with van der Waals surface area (Å²) in [6.45, 7) is 0. The van der Waals surface area contributed by atoms with E-state index in [0.717, 1.165) is 18.2 Å². The Kier molecular flexibility index (Phi) is 2.21. The molecule has 1 saturated carbocycles. The van der Waals surface area contributed by atoms with Crippen LogP contribution in [0.1, 0.15) is 12.0 Å². The third-order valence-corrected chi connectivity index (χ3v) is 2.93. The van der Waals surface area contributed by atoms with E-state index in [-0.39, 0.29) is 10.6 Å². The van der Waals surface area contributed by atoms with E-state index < -0.39 is 29.5 Å². The quantitative estimate of drug-likeness (QED) is 0.876. The van der Waals surface area contributed by atoms with E-state index >= 15 is 0 Å². The van der Waals surface area contributed by atoms with Crippen molar-refractivity contribution in [3.8, 4) is 0 Å². The van der Waals surface area contributed by atoms with Crippen molar-refractivity contribution in [2.75, 3.05) is 0 Å². The van der Waals surface area contributed by atoms with Gasteiger partial charge in [-0.05, 0) is 23.8 Å². The molecule has 0 amide bonds. The number of alkyl halides is 2. The number of carboxylic acid groups (broad SMARTS) is 1. The molecule has 1 fully saturated rings. The molecule has 0 heterocycles. The molecule has 1 aliphatic rings. The highest BCUT2D eigenvalue weighted by Gasteiger charge is 2.77. The Morgan fingerprint density at radius 3 is 2.31 bits per heavy atom. The van der Waals surface area contributed by atoms with Gasteiger partial charge in [0.15, 0.2) is 5.41 Å². The van der Waals surface area contributed by atoms with Gasteiger partial charge in [-0.15, -0.1) is 0 Å². The maximum absolute atomic E-state index is 13.1. The average molecular weight is 251 g/mol.